The molecule has 0 atom stereocenters. The van der Waals surface area contributed by atoms with Crippen molar-refractivity contribution in [3.05, 3.63) is 36.2 Å². The fraction of sp³-hybridized carbons (Fsp3) is 0.111. The first-order valence-corrected chi connectivity index (χ1v) is 3.54. The quantitative estimate of drug-likeness (QED) is 0.490. The third-order valence-corrected chi connectivity index (χ3v) is 1.46. The SMILES string of the molecule is C=C=Nc1ccc(F)cc1C(F)(F)F. The Balaban J connectivity index is 3.37. The molecule has 0 aliphatic carbocycles. The fourth-order valence-electron chi connectivity index (χ4n) is 0.918. The first-order valence-electron chi connectivity index (χ1n) is 3.54. The lowest BCUT2D eigenvalue weighted by Gasteiger charge is -2.08. The third kappa shape index (κ3) is 2.20. The molecule has 0 heterocycles. The van der Waals surface area contributed by atoms with Crippen LogP contribution in [0.3, 0.4) is 0 Å². The number of alkyl halides is 3. The highest BCUT2D eigenvalue weighted by Crippen LogP contribution is 2.36. The molecule has 0 radical (unpaired) electrons. The van der Waals surface area contributed by atoms with E-state index in [2.05, 4.69) is 11.6 Å². The van der Waals surface area contributed by atoms with E-state index in [4.69, 9.17) is 0 Å². The van der Waals surface area contributed by atoms with Gasteiger partial charge in [0.1, 0.15) is 5.82 Å². The number of aliphatic imine (C=N–C) groups is 1. The zero-order chi connectivity index (χ0) is 10.8. The van der Waals surface area contributed by atoms with Crippen molar-refractivity contribution in [3.8, 4) is 0 Å². The maximum Gasteiger partial charge on any atom is 0.418 e. The Kier molecular flexibility index (Phi) is 2.72. The summed E-state index contributed by atoms with van der Waals surface area (Å²) in [6.45, 7) is 3.05. The van der Waals surface area contributed by atoms with Gasteiger partial charge in [-0.15, -0.1) is 0 Å². The van der Waals surface area contributed by atoms with Crippen molar-refractivity contribution in [3.63, 3.8) is 0 Å². The van der Waals surface area contributed by atoms with Gasteiger partial charge in [-0.2, -0.15) is 13.2 Å². The molecule has 0 aromatic heterocycles. The van der Waals surface area contributed by atoms with Crippen molar-refractivity contribution in [2.75, 3.05) is 0 Å². The summed E-state index contributed by atoms with van der Waals surface area (Å²) in [6, 6.07) is 2.21. The van der Waals surface area contributed by atoms with Crippen LogP contribution in [0.15, 0.2) is 29.8 Å². The van der Waals surface area contributed by atoms with Crippen LogP contribution in [-0.4, -0.2) is 5.87 Å². The Morgan fingerprint density at radius 1 is 1.29 bits per heavy atom. The van der Waals surface area contributed by atoms with E-state index in [1.54, 1.807) is 0 Å². The minimum Gasteiger partial charge on any atom is -0.207 e. The van der Waals surface area contributed by atoms with Crippen LogP contribution in [0.4, 0.5) is 23.2 Å². The van der Waals surface area contributed by atoms with Gasteiger partial charge in [0.25, 0.3) is 0 Å². The standard InChI is InChI=1S/C9H5F4N/c1-2-14-8-4-3-6(10)5-7(8)9(11,12)13/h3-5H,1H2. The average Bonchev–Trinajstić information content (AvgIpc) is 2.07. The van der Waals surface area contributed by atoms with Crippen molar-refractivity contribution in [1.82, 2.24) is 0 Å². The topological polar surface area (TPSA) is 12.4 Å². The average molecular weight is 203 g/mol. The third-order valence-electron chi connectivity index (χ3n) is 1.46. The van der Waals surface area contributed by atoms with E-state index >= 15 is 0 Å². The Bertz CT molecular complexity index is 388. The molecule has 0 saturated carbocycles. The highest BCUT2D eigenvalue weighted by atomic mass is 19.4. The molecule has 1 aromatic rings. The van der Waals surface area contributed by atoms with E-state index in [0.29, 0.717) is 6.07 Å². The van der Waals surface area contributed by atoms with Crippen LogP contribution >= 0.6 is 0 Å². The van der Waals surface area contributed by atoms with Gasteiger partial charge in [-0.1, -0.05) is 0 Å². The summed E-state index contributed by atoms with van der Waals surface area (Å²) in [4.78, 5) is 3.27. The summed E-state index contributed by atoms with van der Waals surface area (Å²) in [5.74, 6) is 1.01. The minimum absolute atomic E-state index is 0.385. The summed E-state index contributed by atoms with van der Waals surface area (Å²) in [5.41, 5.74) is -1.53. The smallest absolute Gasteiger partial charge is 0.207 e. The summed E-state index contributed by atoms with van der Waals surface area (Å²) < 4.78 is 49.4. The molecule has 0 fully saturated rings. The molecule has 0 saturated heterocycles. The summed E-state index contributed by atoms with van der Waals surface area (Å²) >= 11 is 0. The van der Waals surface area contributed by atoms with Gasteiger partial charge in [-0.05, 0) is 30.6 Å². The number of hydrogen-bond donors (Lipinski definition) is 0. The predicted octanol–water partition coefficient (Wildman–Crippen LogP) is 3.33. The second-order valence-electron chi connectivity index (χ2n) is 2.43. The molecular formula is C9H5F4N. The molecule has 14 heavy (non-hydrogen) atoms. The van der Waals surface area contributed by atoms with E-state index < -0.39 is 23.2 Å². The van der Waals surface area contributed by atoms with Gasteiger partial charge in [0.2, 0.25) is 0 Å². The van der Waals surface area contributed by atoms with E-state index in [9.17, 15) is 17.6 Å². The molecule has 74 valence electrons. The van der Waals surface area contributed by atoms with Gasteiger partial charge in [-0.25, -0.2) is 9.38 Å². The molecule has 0 N–H and O–H groups in total. The lowest BCUT2D eigenvalue weighted by atomic mass is 10.1. The molecule has 1 nitrogen and oxygen atoms in total. The van der Waals surface area contributed by atoms with Crippen LogP contribution in [0.5, 0.6) is 0 Å². The molecule has 0 spiro atoms. The number of hydrogen-bond acceptors (Lipinski definition) is 1. The second-order valence-corrected chi connectivity index (χ2v) is 2.43. The van der Waals surface area contributed by atoms with E-state index in [1.165, 1.54) is 0 Å². The molecular weight excluding hydrogens is 198 g/mol. The molecule has 0 unspecified atom stereocenters. The van der Waals surface area contributed by atoms with Crippen molar-refractivity contribution >= 4 is 11.6 Å². The number of benzene rings is 1. The van der Waals surface area contributed by atoms with E-state index in [-0.39, 0.29) is 0 Å². The molecule has 1 rings (SSSR count). The maximum atomic E-state index is 12.5. The number of nitrogens with zero attached hydrogens (tertiary/aromatic N) is 1. The summed E-state index contributed by atoms with van der Waals surface area (Å²) in [6.07, 6.45) is -4.63. The van der Waals surface area contributed by atoms with E-state index in [1.807, 2.05) is 5.87 Å². The largest absolute Gasteiger partial charge is 0.418 e. The molecule has 0 aliphatic rings. The first kappa shape index (κ1) is 10.5. The lowest BCUT2D eigenvalue weighted by Crippen LogP contribution is -2.05. The zero-order valence-electron chi connectivity index (χ0n) is 6.90. The van der Waals surface area contributed by atoms with Crippen LogP contribution in [0.25, 0.3) is 0 Å². The first-order chi connectivity index (χ1) is 6.45. The van der Waals surface area contributed by atoms with Crippen LogP contribution < -0.4 is 0 Å². The molecule has 0 bridgehead atoms. The lowest BCUT2D eigenvalue weighted by molar-refractivity contribution is -0.137. The van der Waals surface area contributed by atoms with Crippen LogP contribution in [0.2, 0.25) is 0 Å². The van der Waals surface area contributed by atoms with Crippen LogP contribution in [0.1, 0.15) is 5.56 Å². The van der Waals surface area contributed by atoms with Crippen molar-refractivity contribution in [2.45, 2.75) is 6.18 Å². The fourth-order valence-corrected chi connectivity index (χ4v) is 0.918. The Morgan fingerprint density at radius 3 is 2.43 bits per heavy atom. The van der Waals surface area contributed by atoms with Gasteiger partial charge in [0.05, 0.1) is 11.3 Å². The van der Waals surface area contributed by atoms with Gasteiger partial charge in [-0.3, -0.25) is 0 Å². The highest BCUT2D eigenvalue weighted by molar-refractivity contribution is 5.59. The highest BCUT2D eigenvalue weighted by Gasteiger charge is 2.33. The Labute approximate surface area is 77.4 Å². The van der Waals surface area contributed by atoms with Crippen LogP contribution in [-0.2, 0) is 6.18 Å². The van der Waals surface area contributed by atoms with Gasteiger partial charge in [0.15, 0.2) is 0 Å². The summed E-state index contributed by atoms with van der Waals surface area (Å²) in [7, 11) is 0. The second kappa shape index (κ2) is 3.64. The normalized spacial score (nSPS) is 10.9. The summed E-state index contributed by atoms with van der Waals surface area (Å²) in [5, 5.41) is 0. The minimum atomic E-state index is -4.63. The number of halogens is 4. The molecule has 0 amide bonds. The van der Waals surface area contributed by atoms with Gasteiger partial charge < -0.3 is 0 Å². The molecule has 0 aliphatic heterocycles. The van der Waals surface area contributed by atoms with Gasteiger partial charge >= 0.3 is 6.18 Å². The van der Waals surface area contributed by atoms with Crippen molar-refractivity contribution in [1.29, 1.82) is 0 Å². The monoisotopic (exact) mass is 203 g/mol. The molecule has 1 aromatic carbocycles. The van der Waals surface area contributed by atoms with E-state index in [0.717, 1.165) is 12.1 Å². The molecule has 5 heteroatoms. The predicted molar refractivity (Wildman–Crippen MR) is 44.1 cm³/mol. The van der Waals surface area contributed by atoms with Gasteiger partial charge in [0, 0.05) is 0 Å². The van der Waals surface area contributed by atoms with Crippen molar-refractivity contribution < 1.29 is 17.6 Å². The number of rotatable bonds is 1. The Morgan fingerprint density at radius 2 is 1.93 bits per heavy atom. The Hall–Kier alpha value is -1.61. The van der Waals surface area contributed by atoms with Crippen molar-refractivity contribution in [2.24, 2.45) is 4.99 Å². The zero-order valence-corrected chi connectivity index (χ0v) is 6.90. The maximum absolute atomic E-state index is 12.5. The van der Waals surface area contributed by atoms with Crippen LogP contribution in [0, 0.1) is 5.82 Å².